The number of aliphatic hydroxyl groups excluding tert-OH is 1. The fraction of sp³-hybridized carbons (Fsp3) is 0.160. The zero-order chi connectivity index (χ0) is 23.0. The highest BCUT2D eigenvalue weighted by molar-refractivity contribution is 6.51. The third-order valence-electron chi connectivity index (χ3n) is 5.44. The molecule has 0 radical (unpaired) electrons. The summed E-state index contributed by atoms with van der Waals surface area (Å²) in [6, 6.07) is 16.3. The summed E-state index contributed by atoms with van der Waals surface area (Å²) in [6.45, 7) is 4.15. The summed E-state index contributed by atoms with van der Waals surface area (Å²) in [6.07, 6.45) is 1.58. The molecule has 1 aliphatic rings. The van der Waals surface area contributed by atoms with Gasteiger partial charge < -0.3 is 5.11 Å². The molecule has 1 unspecified atom stereocenters. The average Bonchev–Trinajstić information content (AvgIpc) is 3.06. The number of amides is 1. The quantitative estimate of drug-likeness (QED) is 0.284. The van der Waals surface area contributed by atoms with Crippen LogP contribution in [0.1, 0.15) is 42.6 Å². The highest BCUT2D eigenvalue weighted by Crippen LogP contribution is 2.42. The van der Waals surface area contributed by atoms with Crippen molar-refractivity contribution in [3.05, 3.63) is 99.3 Å². The van der Waals surface area contributed by atoms with Gasteiger partial charge in [-0.3, -0.25) is 19.5 Å². The van der Waals surface area contributed by atoms with Gasteiger partial charge in [-0.05, 0) is 53.9 Å². The van der Waals surface area contributed by atoms with Gasteiger partial charge in [0.25, 0.3) is 11.7 Å². The number of carbonyl (C=O) groups excluding carboxylic acids is 2. The van der Waals surface area contributed by atoms with Crippen LogP contribution in [0.25, 0.3) is 5.76 Å². The van der Waals surface area contributed by atoms with E-state index in [0.717, 1.165) is 5.56 Å². The topological polar surface area (TPSA) is 70.5 Å². The van der Waals surface area contributed by atoms with Gasteiger partial charge in [-0.15, -0.1) is 0 Å². The number of pyridine rings is 1. The first-order valence-electron chi connectivity index (χ1n) is 10.1. The number of hydrogen-bond donors (Lipinski definition) is 1. The van der Waals surface area contributed by atoms with Crippen molar-refractivity contribution in [3.8, 4) is 0 Å². The maximum Gasteiger partial charge on any atom is 0.300 e. The lowest BCUT2D eigenvalue weighted by Crippen LogP contribution is -2.29. The number of ketones is 1. The molecule has 2 aromatic carbocycles. The lowest BCUT2D eigenvalue weighted by atomic mass is 9.98. The van der Waals surface area contributed by atoms with E-state index >= 15 is 0 Å². The van der Waals surface area contributed by atoms with Gasteiger partial charge in [-0.1, -0.05) is 55.2 Å². The van der Waals surface area contributed by atoms with Crippen molar-refractivity contribution >= 4 is 46.3 Å². The summed E-state index contributed by atoms with van der Waals surface area (Å²) in [4.78, 5) is 32.0. The van der Waals surface area contributed by atoms with Crippen LogP contribution in [0.15, 0.2) is 72.4 Å². The largest absolute Gasteiger partial charge is 0.507 e. The summed E-state index contributed by atoms with van der Waals surface area (Å²) >= 11 is 12.1. The summed E-state index contributed by atoms with van der Waals surface area (Å²) in [5.41, 5.74) is 2.34. The molecule has 0 saturated carbocycles. The number of benzene rings is 2. The second-order valence-electron chi connectivity index (χ2n) is 7.80. The van der Waals surface area contributed by atoms with Crippen molar-refractivity contribution in [2.45, 2.75) is 25.8 Å². The van der Waals surface area contributed by atoms with E-state index in [1.165, 1.54) is 17.0 Å². The van der Waals surface area contributed by atoms with Crippen molar-refractivity contribution in [2.24, 2.45) is 0 Å². The molecule has 1 aliphatic heterocycles. The summed E-state index contributed by atoms with van der Waals surface area (Å²) in [5.74, 6) is -1.55. The monoisotopic (exact) mass is 466 g/mol. The van der Waals surface area contributed by atoms with E-state index < -0.39 is 17.7 Å². The highest BCUT2D eigenvalue weighted by atomic mass is 35.5. The van der Waals surface area contributed by atoms with E-state index in [-0.39, 0.29) is 21.9 Å². The Kier molecular flexibility index (Phi) is 6.04. The molecule has 1 saturated heterocycles. The molecule has 1 amide bonds. The van der Waals surface area contributed by atoms with Gasteiger partial charge in [0.05, 0.1) is 21.3 Å². The van der Waals surface area contributed by atoms with Gasteiger partial charge in [-0.25, -0.2) is 0 Å². The SMILES string of the molecule is CC(C)c1ccc(N2C(=O)C(=O)/C(=C(\O)c3ccc(Cl)c(Cl)c3)C2c2ccccn2)cc1. The average molecular weight is 467 g/mol. The van der Waals surface area contributed by atoms with Crippen LogP contribution in [0.3, 0.4) is 0 Å². The van der Waals surface area contributed by atoms with Gasteiger partial charge in [0.1, 0.15) is 11.8 Å². The second kappa shape index (κ2) is 8.77. The Balaban J connectivity index is 1.90. The van der Waals surface area contributed by atoms with Crippen molar-refractivity contribution in [1.29, 1.82) is 0 Å². The number of nitrogens with zero attached hydrogens (tertiary/aromatic N) is 2. The second-order valence-corrected chi connectivity index (χ2v) is 8.61. The maximum atomic E-state index is 13.1. The third-order valence-corrected chi connectivity index (χ3v) is 6.18. The van der Waals surface area contributed by atoms with Crippen LogP contribution in [0, 0.1) is 0 Å². The van der Waals surface area contributed by atoms with Crippen LogP contribution in [0.4, 0.5) is 5.69 Å². The molecule has 7 heteroatoms. The molecule has 3 aromatic rings. The molecule has 1 N–H and O–H groups in total. The lowest BCUT2D eigenvalue weighted by molar-refractivity contribution is -0.132. The predicted octanol–water partition coefficient (Wildman–Crippen LogP) is 6.14. The van der Waals surface area contributed by atoms with Gasteiger partial charge in [0, 0.05) is 17.4 Å². The number of aromatic nitrogens is 1. The summed E-state index contributed by atoms with van der Waals surface area (Å²) < 4.78 is 0. The van der Waals surface area contributed by atoms with Crippen LogP contribution in [0.2, 0.25) is 10.0 Å². The van der Waals surface area contributed by atoms with E-state index in [4.69, 9.17) is 23.2 Å². The van der Waals surface area contributed by atoms with Crippen LogP contribution >= 0.6 is 23.2 Å². The van der Waals surface area contributed by atoms with E-state index in [1.807, 2.05) is 12.1 Å². The minimum atomic E-state index is -0.893. The minimum absolute atomic E-state index is 0.0555. The van der Waals surface area contributed by atoms with Gasteiger partial charge >= 0.3 is 0 Å². The Hall–Kier alpha value is -3.15. The zero-order valence-corrected chi connectivity index (χ0v) is 18.9. The number of carbonyl (C=O) groups is 2. The first-order valence-corrected chi connectivity index (χ1v) is 10.8. The molecule has 1 aromatic heterocycles. The molecule has 5 nitrogen and oxygen atoms in total. The fourth-order valence-corrected chi connectivity index (χ4v) is 4.03. The van der Waals surface area contributed by atoms with Gasteiger partial charge in [0.15, 0.2) is 0 Å². The molecule has 1 fully saturated rings. The number of aliphatic hydroxyl groups is 1. The molecule has 4 rings (SSSR count). The lowest BCUT2D eigenvalue weighted by Gasteiger charge is -2.25. The van der Waals surface area contributed by atoms with Crippen LogP contribution in [-0.4, -0.2) is 21.8 Å². The molecule has 1 atom stereocenters. The molecule has 162 valence electrons. The third kappa shape index (κ3) is 3.90. The minimum Gasteiger partial charge on any atom is -0.507 e. The Labute approximate surface area is 195 Å². The number of hydrogen-bond acceptors (Lipinski definition) is 4. The van der Waals surface area contributed by atoms with E-state index in [0.29, 0.717) is 22.3 Å². The molecule has 0 aliphatic carbocycles. The van der Waals surface area contributed by atoms with Crippen molar-refractivity contribution < 1.29 is 14.7 Å². The first kappa shape index (κ1) is 22.1. The van der Waals surface area contributed by atoms with Gasteiger partial charge in [-0.2, -0.15) is 0 Å². The zero-order valence-electron chi connectivity index (χ0n) is 17.4. The smallest absolute Gasteiger partial charge is 0.300 e. The maximum absolute atomic E-state index is 13.1. The summed E-state index contributed by atoms with van der Waals surface area (Å²) in [7, 11) is 0. The normalized spacial score (nSPS) is 17.9. The summed E-state index contributed by atoms with van der Waals surface area (Å²) in [5, 5.41) is 11.6. The number of rotatable bonds is 4. The first-order chi connectivity index (χ1) is 15.3. The highest BCUT2D eigenvalue weighted by Gasteiger charge is 2.47. The standard InChI is InChI=1S/C25H20Cl2N2O3/c1-14(2)15-6-9-17(10-7-15)29-22(20-5-3-4-12-28-20)21(24(31)25(29)32)23(30)16-8-11-18(26)19(27)13-16/h3-14,22,30H,1-2H3/b23-21-. The van der Waals surface area contributed by atoms with Gasteiger partial charge in [0.2, 0.25) is 0 Å². The van der Waals surface area contributed by atoms with Crippen molar-refractivity contribution in [2.75, 3.05) is 4.90 Å². The molecular weight excluding hydrogens is 447 g/mol. The van der Waals surface area contributed by atoms with E-state index in [1.54, 1.807) is 42.6 Å². The Morgan fingerprint density at radius 3 is 2.31 bits per heavy atom. The molecular formula is C25H20Cl2N2O3. The van der Waals surface area contributed by atoms with E-state index in [2.05, 4.69) is 18.8 Å². The fourth-order valence-electron chi connectivity index (χ4n) is 3.74. The molecule has 0 bridgehead atoms. The van der Waals surface area contributed by atoms with Crippen LogP contribution in [0.5, 0.6) is 0 Å². The van der Waals surface area contributed by atoms with Crippen LogP contribution < -0.4 is 4.90 Å². The number of Topliss-reactive ketones (excluding diaryl/α,β-unsaturated/α-hetero) is 1. The predicted molar refractivity (Wildman–Crippen MR) is 126 cm³/mol. The number of halogens is 2. The van der Waals surface area contributed by atoms with E-state index in [9.17, 15) is 14.7 Å². The Morgan fingerprint density at radius 1 is 1.00 bits per heavy atom. The molecule has 2 heterocycles. The van der Waals surface area contributed by atoms with Crippen molar-refractivity contribution in [3.63, 3.8) is 0 Å². The molecule has 32 heavy (non-hydrogen) atoms. The Bertz CT molecular complexity index is 1220. The Morgan fingerprint density at radius 2 is 1.72 bits per heavy atom. The molecule has 0 spiro atoms. The van der Waals surface area contributed by atoms with Crippen molar-refractivity contribution in [1.82, 2.24) is 4.98 Å². The van der Waals surface area contributed by atoms with Crippen LogP contribution in [-0.2, 0) is 9.59 Å². The number of anilines is 1.